The van der Waals surface area contributed by atoms with Crippen molar-refractivity contribution in [1.82, 2.24) is 10.1 Å². The van der Waals surface area contributed by atoms with Crippen molar-refractivity contribution in [2.75, 3.05) is 0 Å². The van der Waals surface area contributed by atoms with Crippen LogP contribution in [0.25, 0.3) is 0 Å². The summed E-state index contributed by atoms with van der Waals surface area (Å²) in [5, 5.41) is 4.68. The molecule has 0 aliphatic heterocycles. The summed E-state index contributed by atoms with van der Waals surface area (Å²) < 4.78 is 5.17. The molecule has 0 amide bonds. The molecule has 19 heavy (non-hydrogen) atoms. The molecule has 2 N–H and O–H groups in total. The molecule has 1 aromatic carbocycles. The molecule has 0 fully saturated rings. The van der Waals surface area contributed by atoms with Gasteiger partial charge in [-0.15, -0.1) is 11.8 Å². The van der Waals surface area contributed by atoms with E-state index in [1.807, 2.05) is 31.2 Å². The van der Waals surface area contributed by atoms with Crippen molar-refractivity contribution in [1.29, 1.82) is 0 Å². The van der Waals surface area contributed by atoms with Gasteiger partial charge in [0.1, 0.15) is 0 Å². The van der Waals surface area contributed by atoms with E-state index >= 15 is 0 Å². The molecule has 0 saturated carbocycles. The van der Waals surface area contributed by atoms with Gasteiger partial charge in [0.15, 0.2) is 5.82 Å². The lowest BCUT2D eigenvalue weighted by Gasteiger charge is -2.02. The van der Waals surface area contributed by atoms with Crippen LogP contribution in [0, 0.1) is 0 Å². The van der Waals surface area contributed by atoms with Crippen molar-refractivity contribution in [3.05, 3.63) is 41.0 Å². The minimum atomic E-state index is 0.0808. The van der Waals surface area contributed by atoms with E-state index in [2.05, 4.69) is 10.1 Å². The first-order valence-corrected chi connectivity index (χ1v) is 7.49. The van der Waals surface area contributed by atoms with E-state index in [0.717, 1.165) is 16.3 Å². The van der Waals surface area contributed by atoms with Crippen LogP contribution in [0.3, 0.4) is 0 Å². The lowest BCUT2D eigenvalue weighted by Crippen LogP contribution is -2.21. The SMILES string of the molecule is CCC(N)Cc1nc(CSc2ccc(Cl)cc2)no1. The molecule has 0 saturated heterocycles. The summed E-state index contributed by atoms with van der Waals surface area (Å²) in [6.07, 6.45) is 1.53. The van der Waals surface area contributed by atoms with Gasteiger partial charge in [0.05, 0.1) is 5.75 Å². The predicted octanol–water partition coefficient (Wildman–Crippen LogP) is 3.30. The van der Waals surface area contributed by atoms with Gasteiger partial charge in [0.25, 0.3) is 0 Å². The van der Waals surface area contributed by atoms with Crippen LogP contribution in [0.5, 0.6) is 0 Å². The summed E-state index contributed by atoms with van der Waals surface area (Å²) in [5.74, 6) is 1.98. The molecular formula is C13H16ClN3OS. The number of hydrogen-bond acceptors (Lipinski definition) is 5. The highest BCUT2D eigenvalue weighted by Crippen LogP contribution is 2.23. The van der Waals surface area contributed by atoms with Crippen molar-refractivity contribution in [3.8, 4) is 0 Å². The summed E-state index contributed by atoms with van der Waals surface area (Å²) in [4.78, 5) is 5.45. The first kappa shape index (κ1) is 14.4. The summed E-state index contributed by atoms with van der Waals surface area (Å²) in [5.41, 5.74) is 5.85. The first-order valence-electron chi connectivity index (χ1n) is 6.12. The van der Waals surface area contributed by atoms with E-state index in [1.165, 1.54) is 0 Å². The van der Waals surface area contributed by atoms with Crippen molar-refractivity contribution in [2.24, 2.45) is 5.73 Å². The Balaban J connectivity index is 1.88. The van der Waals surface area contributed by atoms with E-state index in [-0.39, 0.29) is 6.04 Å². The van der Waals surface area contributed by atoms with Gasteiger partial charge in [0, 0.05) is 22.4 Å². The van der Waals surface area contributed by atoms with E-state index in [1.54, 1.807) is 11.8 Å². The van der Waals surface area contributed by atoms with Crippen LogP contribution in [0.15, 0.2) is 33.7 Å². The van der Waals surface area contributed by atoms with Crippen LogP contribution in [0.4, 0.5) is 0 Å². The van der Waals surface area contributed by atoms with Crippen molar-refractivity contribution < 1.29 is 4.52 Å². The maximum absolute atomic E-state index is 5.85. The Morgan fingerprint density at radius 1 is 1.37 bits per heavy atom. The van der Waals surface area contributed by atoms with E-state index < -0.39 is 0 Å². The van der Waals surface area contributed by atoms with Gasteiger partial charge in [-0.2, -0.15) is 4.98 Å². The van der Waals surface area contributed by atoms with E-state index in [9.17, 15) is 0 Å². The number of benzene rings is 1. The molecule has 0 spiro atoms. The summed E-state index contributed by atoms with van der Waals surface area (Å²) in [6.45, 7) is 2.04. The van der Waals surface area contributed by atoms with E-state index in [0.29, 0.717) is 23.9 Å². The van der Waals surface area contributed by atoms with Gasteiger partial charge >= 0.3 is 0 Å². The zero-order valence-corrected chi connectivity index (χ0v) is 12.2. The molecule has 2 aromatic rings. The fraction of sp³-hybridized carbons (Fsp3) is 0.385. The van der Waals surface area contributed by atoms with Crippen molar-refractivity contribution >= 4 is 23.4 Å². The number of rotatable bonds is 6. The Kier molecular flexibility index (Phi) is 5.24. The number of thioether (sulfide) groups is 1. The molecule has 4 nitrogen and oxygen atoms in total. The second-order valence-corrected chi connectivity index (χ2v) is 5.70. The fourth-order valence-electron chi connectivity index (χ4n) is 1.48. The Hall–Kier alpha value is -1.04. The van der Waals surface area contributed by atoms with Crippen molar-refractivity contribution in [3.63, 3.8) is 0 Å². The monoisotopic (exact) mass is 297 g/mol. The smallest absolute Gasteiger partial charge is 0.228 e. The maximum Gasteiger partial charge on any atom is 0.228 e. The van der Waals surface area contributed by atoms with Crippen LogP contribution in [0.2, 0.25) is 5.02 Å². The minimum absolute atomic E-state index is 0.0808. The van der Waals surface area contributed by atoms with Gasteiger partial charge in [-0.05, 0) is 30.7 Å². The quantitative estimate of drug-likeness (QED) is 0.829. The molecule has 2 rings (SSSR count). The Labute approximate surface area is 121 Å². The van der Waals surface area contributed by atoms with E-state index in [4.69, 9.17) is 21.9 Å². The van der Waals surface area contributed by atoms with Gasteiger partial charge in [-0.3, -0.25) is 0 Å². The van der Waals surface area contributed by atoms with Gasteiger partial charge in [0.2, 0.25) is 5.89 Å². The third kappa shape index (κ3) is 4.53. The molecule has 1 atom stereocenters. The molecule has 6 heteroatoms. The van der Waals surface area contributed by atoms with Gasteiger partial charge in [-0.1, -0.05) is 23.7 Å². The topological polar surface area (TPSA) is 64.9 Å². The standard InChI is InChI=1S/C13H16ClN3OS/c1-2-10(15)7-13-16-12(17-18-13)8-19-11-5-3-9(14)4-6-11/h3-6,10H,2,7-8,15H2,1H3. The average Bonchev–Trinajstić information content (AvgIpc) is 2.85. The summed E-state index contributed by atoms with van der Waals surface area (Å²) in [7, 11) is 0. The molecule has 0 bridgehead atoms. The van der Waals surface area contributed by atoms with Crippen LogP contribution < -0.4 is 5.73 Å². The van der Waals surface area contributed by atoms with Gasteiger partial charge in [-0.25, -0.2) is 0 Å². The zero-order chi connectivity index (χ0) is 13.7. The average molecular weight is 298 g/mol. The third-order valence-electron chi connectivity index (χ3n) is 2.65. The molecule has 1 aromatic heterocycles. The number of nitrogens with zero attached hydrogens (tertiary/aromatic N) is 2. The summed E-state index contributed by atoms with van der Waals surface area (Å²) in [6, 6.07) is 7.76. The molecule has 1 heterocycles. The molecule has 1 unspecified atom stereocenters. The third-order valence-corrected chi connectivity index (χ3v) is 3.91. The minimum Gasteiger partial charge on any atom is -0.339 e. The Bertz CT molecular complexity index is 515. The molecular weight excluding hydrogens is 282 g/mol. The highest BCUT2D eigenvalue weighted by Gasteiger charge is 2.10. The normalized spacial score (nSPS) is 12.6. The molecule has 0 aliphatic rings. The second kappa shape index (κ2) is 6.93. The molecule has 0 aliphatic carbocycles. The van der Waals surface area contributed by atoms with Crippen LogP contribution in [-0.4, -0.2) is 16.2 Å². The highest BCUT2D eigenvalue weighted by molar-refractivity contribution is 7.98. The first-order chi connectivity index (χ1) is 9.17. The lowest BCUT2D eigenvalue weighted by atomic mass is 10.2. The van der Waals surface area contributed by atoms with Crippen LogP contribution in [0.1, 0.15) is 25.1 Å². The second-order valence-electron chi connectivity index (χ2n) is 4.22. The summed E-state index contributed by atoms with van der Waals surface area (Å²) >= 11 is 7.48. The zero-order valence-electron chi connectivity index (χ0n) is 10.7. The Morgan fingerprint density at radius 2 is 2.11 bits per heavy atom. The number of aromatic nitrogens is 2. The number of hydrogen-bond donors (Lipinski definition) is 1. The van der Waals surface area contributed by atoms with Crippen LogP contribution in [-0.2, 0) is 12.2 Å². The maximum atomic E-state index is 5.85. The van der Waals surface area contributed by atoms with Crippen LogP contribution >= 0.6 is 23.4 Å². The predicted molar refractivity (Wildman–Crippen MR) is 77.3 cm³/mol. The number of nitrogens with two attached hydrogens (primary N) is 1. The number of halogens is 1. The molecule has 0 radical (unpaired) electrons. The Morgan fingerprint density at radius 3 is 2.79 bits per heavy atom. The lowest BCUT2D eigenvalue weighted by molar-refractivity contribution is 0.364. The molecule has 102 valence electrons. The van der Waals surface area contributed by atoms with Crippen molar-refractivity contribution in [2.45, 2.75) is 36.5 Å². The largest absolute Gasteiger partial charge is 0.339 e. The highest BCUT2D eigenvalue weighted by atomic mass is 35.5. The fourth-order valence-corrected chi connectivity index (χ4v) is 2.35. The van der Waals surface area contributed by atoms with Gasteiger partial charge < -0.3 is 10.3 Å².